The molecule has 2 aromatic rings. The molecule has 0 heterocycles. The van der Waals surface area contributed by atoms with E-state index in [4.69, 9.17) is 0 Å². The fraction of sp³-hybridized carbons (Fsp3) is 0.375. The number of fused-ring (bicyclic) bond motifs is 1. The number of alkyl halides is 3. The lowest BCUT2D eigenvalue weighted by Crippen LogP contribution is -2.16. The van der Waals surface area contributed by atoms with Crippen molar-refractivity contribution in [2.45, 2.75) is 32.0 Å². The minimum atomic E-state index is -4.08. The number of unbranched alkanes of at least 4 members (excludes halogenated alkanes) is 1. The molecule has 2 nitrogen and oxygen atoms in total. The summed E-state index contributed by atoms with van der Waals surface area (Å²) in [5.41, 5.74) is 0.781. The first-order chi connectivity index (χ1) is 9.97. The normalized spacial score (nSPS) is 12.0. The fourth-order valence-corrected chi connectivity index (χ4v) is 2.30. The van der Waals surface area contributed by atoms with Gasteiger partial charge in [0.05, 0.1) is 0 Å². The number of aromatic hydroxyl groups is 1. The average molecular weight is 297 g/mol. The Morgan fingerprint density at radius 1 is 1.00 bits per heavy atom. The van der Waals surface area contributed by atoms with Crippen molar-refractivity contribution in [2.24, 2.45) is 0 Å². The third-order valence-electron chi connectivity index (χ3n) is 3.38. The number of nitrogens with one attached hydrogen (secondary N) is 1. The second-order valence-corrected chi connectivity index (χ2v) is 5.03. The van der Waals surface area contributed by atoms with Gasteiger partial charge in [-0.15, -0.1) is 0 Å². The zero-order valence-electron chi connectivity index (χ0n) is 11.6. The molecule has 2 rings (SSSR count). The summed E-state index contributed by atoms with van der Waals surface area (Å²) >= 11 is 0. The minimum Gasteiger partial charge on any atom is -0.508 e. The third kappa shape index (κ3) is 4.63. The smallest absolute Gasteiger partial charge is 0.389 e. The van der Waals surface area contributed by atoms with E-state index in [0.717, 1.165) is 16.3 Å². The van der Waals surface area contributed by atoms with Crippen LogP contribution in [0, 0.1) is 0 Å². The summed E-state index contributed by atoms with van der Waals surface area (Å²) in [5.74, 6) is 0.205. The number of halogens is 3. The van der Waals surface area contributed by atoms with E-state index in [1.807, 2.05) is 30.3 Å². The van der Waals surface area contributed by atoms with E-state index in [0.29, 0.717) is 19.5 Å². The second-order valence-electron chi connectivity index (χ2n) is 5.03. The van der Waals surface area contributed by atoms with Crippen LogP contribution in [0.25, 0.3) is 10.8 Å². The lowest BCUT2D eigenvalue weighted by molar-refractivity contribution is -0.135. The van der Waals surface area contributed by atoms with Crippen LogP contribution in [0.1, 0.15) is 24.8 Å². The molecule has 21 heavy (non-hydrogen) atoms. The highest BCUT2D eigenvalue weighted by atomic mass is 19.4. The van der Waals surface area contributed by atoms with Gasteiger partial charge in [0.15, 0.2) is 0 Å². The third-order valence-corrected chi connectivity index (χ3v) is 3.38. The summed E-state index contributed by atoms with van der Waals surface area (Å²) in [5, 5.41) is 15.0. The van der Waals surface area contributed by atoms with Gasteiger partial charge in [-0.05, 0) is 36.2 Å². The molecule has 0 aliphatic heterocycles. The fourth-order valence-electron chi connectivity index (χ4n) is 2.30. The van der Waals surface area contributed by atoms with Crippen molar-refractivity contribution in [2.75, 3.05) is 6.54 Å². The van der Waals surface area contributed by atoms with Gasteiger partial charge >= 0.3 is 6.18 Å². The van der Waals surface area contributed by atoms with Gasteiger partial charge in [-0.3, -0.25) is 0 Å². The first-order valence-electron chi connectivity index (χ1n) is 6.94. The van der Waals surface area contributed by atoms with Crippen LogP contribution in [-0.4, -0.2) is 17.8 Å². The molecule has 0 bridgehead atoms. The number of phenolic OH excluding ortho intramolecular Hbond substituents is 1. The van der Waals surface area contributed by atoms with Crippen LogP contribution in [-0.2, 0) is 6.54 Å². The van der Waals surface area contributed by atoms with Gasteiger partial charge in [0.2, 0.25) is 0 Å². The van der Waals surface area contributed by atoms with E-state index in [1.165, 1.54) is 0 Å². The lowest BCUT2D eigenvalue weighted by Gasteiger charge is -2.11. The standard InChI is InChI=1S/C16H18F3NO/c17-16(18,19)9-3-4-10-20-11-14-13-6-2-1-5-12(13)7-8-15(14)21/h1-2,5-8,20-21H,3-4,9-11H2. The van der Waals surface area contributed by atoms with Crippen LogP contribution in [0.15, 0.2) is 36.4 Å². The molecule has 0 aromatic heterocycles. The molecule has 0 saturated carbocycles. The first kappa shape index (κ1) is 15.6. The Labute approximate surface area is 121 Å². The number of phenols is 1. The van der Waals surface area contributed by atoms with E-state index < -0.39 is 12.6 Å². The maximum atomic E-state index is 12.0. The molecule has 5 heteroatoms. The Balaban J connectivity index is 1.88. The second kappa shape index (κ2) is 6.80. The van der Waals surface area contributed by atoms with Gasteiger partial charge in [-0.2, -0.15) is 13.2 Å². The van der Waals surface area contributed by atoms with Crippen LogP contribution < -0.4 is 5.32 Å². The summed E-state index contributed by atoms with van der Waals surface area (Å²) < 4.78 is 36.0. The zero-order valence-corrected chi connectivity index (χ0v) is 11.6. The quantitative estimate of drug-likeness (QED) is 0.776. The summed E-state index contributed by atoms with van der Waals surface area (Å²) in [6.45, 7) is 0.942. The van der Waals surface area contributed by atoms with Gasteiger partial charge in [0.1, 0.15) is 5.75 Å². The van der Waals surface area contributed by atoms with Crippen molar-refractivity contribution >= 4 is 10.8 Å². The van der Waals surface area contributed by atoms with Crippen molar-refractivity contribution in [3.05, 3.63) is 42.0 Å². The van der Waals surface area contributed by atoms with Crippen LogP contribution in [0.3, 0.4) is 0 Å². The van der Waals surface area contributed by atoms with E-state index in [9.17, 15) is 18.3 Å². The molecule has 0 saturated heterocycles. The van der Waals surface area contributed by atoms with E-state index in [2.05, 4.69) is 5.32 Å². The molecule has 0 aliphatic rings. The Morgan fingerprint density at radius 2 is 1.76 bits per heavy atom. The molecule has 0 radical (unpaired) electrons. The molecule has 0 spiro atoms. The highest BCUT2D eigenvalue weighted by molar-refractivity contribution is 5.87. The number of benzene rings is 2. The van der Waals surface area contributed by atoms with Gasteiger partial charge in [0, 0.05) is 18.5 Å². The van der Waals surface area contributed by atoms with Crippen LogP contribution >= 0.6 is 0 Å². The van der Waals surface area contributed by atoms with E-state index in [1.54, 1.807) is 6.07 Å². The van der Waals surface area contributed by atoms with Crippen molar-refractivity contribution in [1.29, 1.82) is 0 Å². The molecule has 0 unspecified atom stereocenters. The average Bonchev–Trinajstić information content (AvgIpc) is 2.43. The SMILES string of the molecule is Oc1ccc2ccccc2c1CNCCCCC(F)(F)F. The molecule has 0 amide bonds. The van der Waals surface area contributed by atoms with Gasteiger partial charge in [-0.25, -0.2) is 0 Å². The Bertz CT molecular complexity index is 596. The molecule has 114 valence electrons. The summed E-state index contributed by atoms with van der Waals surface area (Å²) in [6.07, 6.45) is -4.23. The largest absolute Gasteiger partial charge is 0.508 e. The molecular weight excluding hydrogens is 279 g/mol. The molecule has 0 atom stereocenters. The summed E-state index contributed by atoms with van der Waals surface area (Å²) in [7, 11) is 0. The highest BCUT2D eigenvalue weighted by Gasteiger charge is 2.25. The van der Waals surface area contributed by atoms with Gasteiger partial charge in [0.25, 0.3) is 0 Å². The zero-order chi connectivity index (χ0) is 15.3. The van der Waals surface area contributed by atoms with Gasteiger partial charge < -0.3 is 10.4 Å². The summed E-state index contributed by atoms with van der Waals surface area (Å²) in [4.78, 5) is 0. The topological polar surface area (TPSA) is 32.3 Å². The van der Waals surface area contributed by atoms with Crippen molar-refractivity contribution in [3.63, 3.8) is 0 Å². The Hall–Kier alpha value is -1.75. The Kier molecular flexibility index (Phi) is 5.07. The lowest BCUT2D eigenvalue weighted by atomic mass is 10.0. The van der Waals surface area contributed by atoms with Crippen molar-refractivity contribution in [1.82, 2.24) is 5.32 Å². The molecule has 0 aliphatic carbocycles. The summed E-state index contributed by atoms with van der Waals surface area (Å²) in [6, 6.07) is 11.2. The van der Waals surface area contributed by atoms with Crippen molar-refractivity contribution in [3.8, 4) is 5.75 Å². The number of hydrogen-bond donors (Lipinski definition) is 2. The molecule has 2 N–H and O–H groups in total. The molecular formula is C16H18F3NO. The Morgan fingerprint density at radius 3 is 2.52 bits per heavy atom. The van der Waals surface area contributed by atoms with Crippen LogP contribution in [0.4, 0.5) is 13.2 Å². The maximum Gasteiger partial charge on any atom is 0.389 e. The highest BCUT2D eigenvalue weighted by Crippen LogP contribution is 2.27. The minimum absolute atomic E-state index is 0.123. The molecule has 0 fully saturated rings. The monoisotopic (exact) mass is 297 g/mol. The first-order valence-corrected chi connectivity index (χ1v) is 6.94. The van der Waals surface area contributed by atoms with Crippen LogP contribution in [0.5, 0.6) is 5.75 Å². The predicted molar refractivity (Wildman–Crippen MR) is 77.2 cm³/mol. The number of hydrogen-bond acceptors (Lipinski definition) is 2. The predicted octanol–water partition coefficient (Wildman–Crippen LogP) is 4.37. The van der Waals surface area contributed by atoms with Crippen LogP contribution in [0.2, 0.25) is 0 Å². The van der Waals surface area contributed by atoms with E-state index >= 15 is 0 Å². The van der Waals surface area contributed by atoms with E-state index in [-0.39, 0.29) is 12.2 Å². The number of rotatable bonds is 6. The van der Waals surface area contributed by atoms with Gasteiger partial charge in [-0.1, -0.05) is 30.3 Å². The van der Waals surface area contributed by atoms with Crippen molar-refractivity contribution < 1.29 is 18.3 Å². The maximum absolute atomic E-state index is 12.0. The molecule has 2 aromatic carbocycles.